The van der Waals surface area contributed by atoms with Gasteiger partial charge in [-0.15, -0.1) is 11.3 Å². The van der Waals surface area contributed by atoms with Gasteiger partial charge in [0.1, 0.15) is 10.9 Å². The van der Waals surface area contributed by atoms with Gasteiger partial charge >= 0.3 is 0 Å². The van der Waals surface area contributed by atoms with Crippen LogP contribution in [-0.4, -0.2) is 27.4 Å². The van der Waals surface area contributed by atoms with Gasteiger partial charge in [0.05, 0.1) is 31.0 Å². The van der Waals surface area contributed by atoms with Gasteiger partial charge in [-0.1, -0.05) is 60.7 Å². The van der Waals surface area contributed by atoms with E-state index in [1.165, 1.54) is 9.44 Å². The number of benzene rings is 2. The summed E-state index contributed by atoms with van der Waals surface area (Å²) < 4.78 is 7.67. The number of aliphatic hydroxyl groups excluding tert-OH is 1. The highest BCUT2D eigenvalue weighted by atomic mass is 32.1. The Bertz CT molecular complexity index is 1190. The summed E-state index contributed by atoms with van der Waals surface area (Å²) in [6.45, 7) is 0.267. The summed E-state index contributed by atoms with van der Waals surface area (Å²) in [6.07, 6.45) is 3.52. The van der Waals surface area contributed by atoms with E-state index >= 15 is 0 Å². The fourth-order valence-electron chi connectivity index (χ4n) is 4.28. The lowest BCUT2D eigenvalue weighted by Crippen LogP contribution is -2.30. The maximum absolute atomic E-state index is 13.0. The van der Waals surface area contributed by atoms with Crippen LogP contribution in [0.1, 0.15) is 34.1 Å². The van der Waals surface area contributed by atoms with Gasteiger partial charge in [-0.25, -0.2) is 4.98 Å². The first-order chi connectivity index (χ1) is 15.2. The number of ether oxygens (including phenoxy) is 1. The molecule has 0 radical (unpaired) electrons. The second-order valence-electron chi connectivity index (χ2n) is 7.93. The molecule has 1 aliphatic rings. The topological polar surface area (TPSA) is 64.4 Å². The van der Waals surface area contributed by atoms with Crippen LogP contribution in [0.4, 0.5) is 0 Å². The maximum Gasteiger partial charge on any atom is 0.262 e. The summed E-state index contributed by atoms with van der Waals surface area (Å²) in [5, 5.41) is 11.4. The Balaban J connectivity index is 1.33. The number of fused-ring (bicyclic) bond motifs is 3. The van der Waals surface area contributed by atoms with E-state index in [1.54, 1.807) is 17.7 Å². The first kappa shape index (κ1) is 20.1. The van der Waals surface area contributed by atoms with E-state index in [-0.39, 0.29) is 24.8 Å². The van der Waals surface area contributed by atoms with Gasteiger partial charge < -0.3 is 9.84 Å². The molecule has 0 saturated heterocycles. The Kier molecular flexibility index (Phi) is 5.68. The molecule has 2 aromatic heterocycles. The Morgan fingerprint density at radius 3 is 2.39 bits per heavy atom. The van der Waals surface area contributed by atoms with Gasteiger partial charge in [-0.2, -0.15) is 0 Å². The lowest BCUT2D eigenvalue weighted by atomic mass is 10.0. The minimum absolute atomic E-state index is 0.0638. The Morgan fingerprint density at radius 2 is 1.71 bits per heavy atom. The molecule has 4 aromatic rings. The van der Waals surface area contributed by atoms with Gasteiger partial charge in [0.2, 0.25) is 0 Å². The molecule has 0 aliphatic heterocycles. The fourth-order valence-corrected chi connectivity index (χ4v) is 5.50. The van der Waals surface area contributed by atoms with E-state index in [9.17, 15) is 9.90 Å². The smallest absolute Gasteiger partial charge is 0.262 e. The highest BCUT2D eigenvalue weighted by molar-refractivity contribution is 7.18. The molecular weight excluding hydrogens is 408 g/mol. The zero-order valence-corrected chi connectivity index (χ0v) is 17.9. The van der Waals surface area contributed by atoms with Crippen molar-refractivity contribution in [1.82, 2.24) is 9.55 Å². The van der Waals surface area contributed by atoms with Crippen molar-refractivity contribution in [2.75, 3.05) is 6.61 Å². The standard InChI is InChI=1S/C25H24N2O3S/c28-19(14-27-16-26-24-22(25(27)29)20-12-7-13-21(20)31-24)15-30-23(17-8-3-1-4-9-17)18-10-5-2-6-11-18/h1-6,8-11,16,19,23,28H,7,12-15H2. The first-order valence-electron chi connectivity index (χ1n) is 10.6. The van der Waals surface area contributed by atoms with Crippen LogP contribution in [-0.2, 0) is 24.1 Å². The quantitative estimate of drug-likeness (QED) is 0.477. The lowest BCUT2D eigenvalue weighted by molar-refractivity contribution is -0.000984. The van der Waals surface area contributed by atoms with E-state index in [1.807, 2.05) is 60.7 Å². The van der Waals surface area contributed by atoms with Crippen molar-refractivity contribution in [3.8, 4) is 0 Å². The van der Waals surface area contributed by atoms with Crippen molar-refractivity contribution in [2.45, 2.75) is 38.0 Å². The van der Waals surface area contributed by atoms with Crippen molar-refractivity contribution < 1.29 is 9.84 Å². The van der Waals surface area contributed by atoms with Crippen LogP contribution in [0.2, 0.25) is 0 Å². The second kappa shape index (κ2) is 8.75. The highest BCUT2D eigenvalue weighted by Crippen LogP contribution is 2.34. The summed E-state index contributed by atoms with van der Waals surface area (Å²) in [7, 11) is 0. The average molecular weight is 433 g/mol. The fraction of sp³-hybridized carbons (Fsp3) is 0.280. The van der Waals surface area contributed by atoms with E-state index in [4.69, 9.17) is 4.74 Å². The third kappa shape index (κ3) is 4.06. The van der Waals surface area contributed by atoms with Gasteiger partial charge in [0.15, 0.2) is 0 Å². The second-order valence-corrected chi connectivity index (χ2v) is 9.01. The van der Waals surface area contributed by atoms with Crippen molar-refractivity contribution in [1.29, 1.82) is 0 Å². The average Bonchev–Trinajstić information content (AvgIpc) is 3.39. The van der Waals surface area contributed by atoms with E-state index in [0.29, 0.717) is 0 Å². The van der Waals surface area contributed by atoms with Crippen molar-refractivity contribution in [3.63, 3.8) is 0 Å². The molecular formula is C25H24N2O3S. The monoisotopic (exact) mass is 432 g/mol. The number of rotatable bonds is 7. The van der Waals surface area contributed by atoms with Gasteiger partial charge in [0, 0.05) is 4.88 Å². The van der Waals surface area contributed by atoms with Crippen LogP contribution in [0.3, 0.4) is 0 Å². The van der Waals surface area contributed by atoms with Crippen LogP contribution in [0, 0.1) is 0 Å². The number of nitrogens with zero attached hydrogens (tertiary/aromatic N) is 2. The molecule has 6 heteroatoms. The van der Waals surface area contributed by atoms with Crippen molar-refractivity contribution in [2.24, 2.45) is 0 Å². The first-order valence-corrected chi connectivity index (χ1v) is 11.4. The molecule has 0 bridgehead atoms. The minimum atomic E-state index is -0.821. The predicted molar refractivity (Wildman–Crippen MR) is 123 cm³/mol. The number of aliphatic hydroxyl groups is 1. The SMILES string of the molecule is O=c1c2c3c(sc2ncn1CC(O)COC(c1ccccc1)c1ccccc1)CCC3. The number of aryl methyl sites for hydroxylation is 2. The van der Waals surface area contributed by atoms with Crippen LogP contribution in [0.15, 0.2) is 71.8 Å². The lowest BCUT2D eigenvalue weighted by Gasteiger charge is -2.21. The predicted octanol–water partition coefficient (Wildman–Crippen LogP) is 4.11. The summed E-state index contributed by atoms with van der Waals surface area (Å²) >= 11 is 1.63. The molecule has 0 saturated carbocycles. The van der Waals surface area contributed by atoms with Crippen molar-refractivity contribution in [3.05, 3.63) is 98.9 Å². The Hall–Kier alpha value is -2.80. The van der Waals surface area contributed by atoms with E-state index in [2.05, 4.69) is 4.98 Å². The van der Waals surface area contributed by atoms with Crippen LogP contribution < -0.4 is 5.56 Å². The summed E-state index contributed by atoms with van der Waals surface area (Å²) in [6, 6.07) is 19.9. The molecule has 2 heterocycles. The molecule has 0 fully saturated rings. The Labute approximate surface area is 184 Å². The molecule has 1 atom stereocenters. The third-order valence-corrected chi connectivity index (χ3v) is 6.96. The highest BCUT2D eigenvalue weighted by Gasteiger charge is 2.22. The molecule has 1 N–H and O–H groups in total. The van der Waals surface area contributed by atoms with Crippen LogP contribution >= 0.6 is 11.3 Å². The third-order valence-electron chi connectivity index (χ3n) is 5.76. The number of thiophene rings is 1. The Morgan fingerprint density at radius 1 is 1.03 bits per heavy atom. The van der Waals surface area contributed by atoms with Crippen LogP contribution in [0.5, 0.6) is 0 Å². The number of hydrogen-bond acceptors (Lipinski definition) is 5. The number of hydrogen-bond donors (Lipinski definition) is 1. The molecule has 1 aliphatic carbocycles. The van der Waals surface area contributed by atoms with Crippen molar-refractivity contribution >= 4 is 21.6 Å². The van der Waals surface area contributed by atoms with Crippen LogP contribution in [0.25, 0.3) is 10.2 Å². The molecule has 158 valence electrons. The normalized spacial score (nSPS) is 14.3. The zero-order valence-electron chi connectivity index (χ0n) is 17.1. The van der Waals surface area contributed by atoms with Gasteiger partial charge in [0.25, 0.3) is 5.56 Å². The van der Waals surface area contributed by atoms with E-state index in [0.717, 1.165) is 46.2 Å². The molecule has 0 spiro atoms. The minimum Gasteiger partial charge on any atom is -0.389 e. The van der Waals surface area contributed by atoms with E-state index < -0.39 is 6.10 Å². The summed E-state index contributed by atoms with van der Waals surface area (Å²) in [4.78, 5) is 19.6. The van der Waals surface area contributed by atoms with Gasteiger partial charge in [-0.05, 0) is 36.0 Å². The van der Waals surface area contributed by atoms with Gasteiger partial charge in [-0.3, -0.25) is 9.36 Å². The molecule has 5 rings (SSSR count). The molecule has 1 unspecified atom stereocenters. The number of aromatic nitrogens is 2. The largest absolute Gasteiger partial charge is 0.389 e. The molecule has 31 heavy (non-hydrogen) atoms. The summed E-state index contributed by atoms with van der Waals surface area (Å²) in [5.74, 6) is 0. The molecule has 2 aromatic carbocycles. The summed E-state index contributed by atoms with van der Waals surface area (Å²) in [5.41, 5.74) is 3.14. The maximum atomic E-state index is 13.0. The molecule has 5 nitrogen and oxygen atoms in total. The molecule has 0 amide bonds. The zero-order chi connectivity index (χ0) is 21.2.